The van der Waals surface area contributed by atoms with Crippen LogP contribution in [-0.2, 0) is 6.42 Å². The lowest BCUT2D eigenvalue weighted by Gasteiger charge is -1.96. The van der Waals surface area contributed by atoms with E-state index in [0.717, 1.165) is 17.8 Å². The third kappa shape index (κ3) is 2.63. The van der Waals surface area contributed by atoms with Crippen molar-refractivity contribution in [1.82, 2.24) is 15.2 Å². The topological polar surface area (TPSA) is 61.8 Å². The number of hydrogen-bond donors (Lipinski definition) is 2. The van der Waals surface area contributed by atoms with E-state index in [1.165, 1.54) is 5.56 Å². The number of benzene rings is 2. The van der Waals surface area contributed by atoms with Crippen molar-refractivity contribution in [3.63, 3.8) is 0 Å². The minimum absolute atomic E-state index is 0.240. The summed E-state index contributed by atoms with van der Waals surface area (Å²) >= 11 is 0. The van der Waals surface area contributed by atoms with Crippen LogP contribution in [0, 0.1) is 0 Å². The predicted octanol–water partition coefficient (Wildman–Crippen LogP) is 2.77. The van der Waals surface area contributed by atoms with Crippen molar-refractivity contribution in [2.75, 3.05) is 0 Å². The van der Waals surface area contributed by atoms with E-state index in [2.05, 4.69) is 27.3 Å². The molecule has 1 aromatic heterocycles. The van der Waals surface area contributed by atoms with Crippen molar-refractivity contribution in [2.45, 2.75) is 6.42 Å². The van der Waals surface area contributed by atoms with E-state index in [1.54, 1.807) is 24.3 Å². The normalized spacial score (nSPS) is 10.5. The summed E-state index contributed by atoms with van der Waals surface area (Å²) in [6.45, 7) is 0. The number of aromatic amines is 1. The molecule has 3 rings (SSSR count). The van der Waals surface area contributed by atoms with Crippen molar-refractivity contribution in [2.24, 2.45) is 0 Å². The Kier molecular flexibility index (Phi) is 2.98. The standard InChI is InChI=1S/C15H13N3O/c19-13-8-6-12(7-9-13)15-16-14(17-18-15)10-11-4-2-1-3-5-11/h1-9,19H,10H2,(H,16,17,18). The third-order valence-corrected chi connectivity index (χ3v) is 2.87. The van der Waals surface area contributed by atoms with E-state index in [4.69, 9.17) is 0 Å². The van der Waals surface area contributed by atoms with Gasteiger partial charge in [0.2, 0.25) is 0 Å². The maximum Gasteiger partial charge on any atom is 0.181 e. The first-order chi connectivity index (χ1) is 9.31. The number of hydrogen-bond acceptors (Lipinski definition) is 3. The molecule has 4 nitrogen and oxygen atoms in total. The molecule has 0 saturated heterocycles. The van der Waals surface area contributed by atoms with Gasteiger partial charge in [0.1, 0.15) is 11.6 Å². The lowest BCUT2D eigenvalue weighted by Crippen LogP contribution is -1.90. The molecule has 2 N–H and O–H groups in total. The van der Waals surface area contributed by atoms with Gasteiger partial charge in [0.15, 0.2) is 5.82 Å². The summed E-state index contributed by atoms with van der Waals surface area (Å²) in [5, 5.41) is 16.4. The summed E-state index contributed by atoms with van der Waals surface area (Å²) in [5.74, 6) is 1.71. The van der Waals surface area contributed by atoms with E-state index in [0.29, 0.717) is 5.82 Å². The Hall–Kier alpha value is -2.62. The van der Waals surface area contributed by atoms with Crippen LogP contribution in [0.1, 0.15) is 11.4 Å². The van der Waals surface area contributed by atoms with Crippen LogP contribution in [0.4, 0.5) is 0 Å². The van der Waals surface area contributed by atoms with E-state index >= 15 is 0 Å². The number of aromatic hydroxyl groups is 1. The molecule has 0 saturated carbocycles. The lowest BCUT2D eigenvalue weighted by molar-refractivity contribution is 0.475. The molecule has 19 heavy (non-hydrogen) atoms. The zero-order valence-electron chi connectivity index (χ0n) is 10.2. The summed E-state index contributed by atoms with van der Waals surface area (Å²) in [6, 6.07) is 17.0. The van der Waals surface area contributed by atoms with Crippen molar-refractivity contribution in [1.29, 1.82) is 0 Å². The first-order valence-electron chi connectivity index (χ1n) is 6.06. The van der Waals surface area contributed by atoms with Crippen LogP contribution in [0.3, 0.4) is 0 Å². The summed E-state index contributed by atoms with van der Waals surface area (Å²) in [5.41, 5.74) is 2.07. The highest BCUT2D eigenvalue weighted by Gasteiger charge is 2.06. The monoisotopic (exact) mass is 251 g/mol. The molecule has 0 fully saturated rings. The molecule has 0 atom stereocenters. The van der Waals surface area contributed by atoms with E-state index in [-0.39, 0.29) is 5.75 Å². The Labute approximate surface area is 110 Å². The summed E-state index contributed by atoms with van der Waals surface area (Å²) < 4.78 is 0. The molecule has 4 heteroatoms. The molecule has 0 unspecified atom stereocenters. The van der Waals surface area contributed by atoms with Gasteiger partial charge in [0, 0.05) is 12.0 Å². The van der Waals surface area contributed by atoms with E-state index in [1.807, 2.05) is 18.2 Å². The van der Waals surface area contributed by atoms with E-state index < -0.39 is 0 Å². The molecular formula is C15H13N3O. The number of aromatic nitrogens is 3. The zero-order valence-corrected chi connectivity index (χ0v) is 10.2. The highest BCUT2D eigenvalue weighted by Crippen LogP contribution is 2.18. The van der Waals surface area contributed by atoms with Crippen LogP contribution in [0.25, 0.3) is 11.4 Å². The lowest BCUT2D eigenvalue weighted by atomic mass is 10.1. The molecule has 0 spiro atoms. The SMILES string of the molecule is Oc1ccc(-c2n[nH]c(Cc3ccccc3)n2)cc1. The largest absolute Gasteiger partial charge is 0.508 e. The van der Waals surface area contributed by atoms with Gasteiger partial charge < -0.3 is 5.11 Å². The van der Waals surface area contributed by atoms with Crippen molar-refractivity contribution < 1.29 is 5.11 Å². The van der Waals surface area contributed by atoms with Gasteiger partial charge in [-0.25, -0.2) is 4.98 Å². The van der Waals surface area contributed by atoms with Crippen LogP contribution in [0.5, 0.6) is 5.75 Å². The summed E-state index contributed by atoms with van der Waals surface area (Å²) in [4.78, 5) is 4.46. The number of phenols is 1. The molecule has 0 bridgehead atoms. The Morgan fingerprint density at radius 1 is 0.947 bits per heavy atom. The fraction of sp³-hybridized carbons (Fsp3) is 0.0667. The first-order valence-corrected chi connectivity index (χ1v) is 6.06. The maximum absolute atomic E-state index is 9.25. The molecule has 0 amide bonds. The van der Waals surface area contributed by atoms with Gasteiger partial charge in [-0.1, -0.05) is 30.3 Å². The second kappa shape index (κ2) is 4.94. The molecule has 1 heterocycles. The second-order valence-corrected chi connectivity index (χ2v) is 4.31. The average molecular weight is 251 g/mol. The molecule has 0 aliphatic rings. The van der Waals surface area contributed by atoms with Gasteiger partial charge in [0.05, 0.1) is 0 Å². The average Bonchev–Trinajstić information content (AvgIpc) is 2.89. The highest BCUT2D eigenvalue weighted by atomic mass is 16.3. The minimum atomic E-state index is 0.240. The van der Waals surface area contributed by atoms with Crippen molar-refractivity contribution >= 4 is 0 Å². The van der Waals surface area contributed by atoms with Gasteiger partial charge >= 0.3 is 0 Å². The van der Waals surface area contributed by atoms with Crippen molar-refractivity contribution in [3.8, 4) is 17.1 Å². The van der Waals surface area contributed by atoms with Crippen LogP contribution < -0.4 is 0 Å². The Bertz CT molecular complexity index is 659. The fourth-order valence-electron chi connectivity index (χ4n) is 1.90. The minimum Gasteiger partial charge on any atom is -0.508 e. The smallest absolute Gasteiger partial charge is 0.181 e. The van der Waals surface area contributed by atoms with Crippen molar-refractivity contribution in [3.05, 3.63) is 66.0 Å². The molecular weight excluding hydrogens is 238 g/mol. The Balaban J connectivity index is 1.82. The van der Waals surface area contributed by atoms with E-state index in [9.17, 15) is 5.11 Å². The zero-order chi connectivity index (χ0) is 13.1. The van der Waals surface area contributed by atoms with Gasteiger partial charge in [-0.2, -0.15) is 5.10 Å². The first kappa shape index (κ1) is 11.5. The number of rotatable bonds is 3. The van der Waals surface area contributed by atoms with Gasteiger partial charge in [0.25, 0.3) is 0 Å². The Morgan fingerprint density at radius 3 is 2.42 bits per heavy atom. The number of H-pyrrole nitrogens is 1. The van der Waals surface area contributed by atoms with Gasteiger partial charge in [-0.05, 0) is 29.8 Å². The second-order valence-electron chi connectivity index (χ2n) is 4.31. The Morgan fingerprint density at radius 2 is 1.68 bits per heavy atom. The number of nitrogens with one attached hydrogen (secondary N) is 1. The summed E-state index contributed by atoms with van der Waals surface area (Å²) in [6.07, 6.45) is 0.728. The summed E-state index contributed by atoms with van der Waals surface area (Å²) in [7, 11) is 0. The van der Waals surface area contributed by atoms with Crippen LogP contribution >= 0.6 is 0 Å². The molecule has 0 aliphatic carbocycles. The fourth-order valence-corrected chi connectivity index (χ4v) is 1.90. The maximum atomic E-state index is 9.25. The van der Waals surface area contributed by atoms with Crippen LogP contribution in [0.2, 0.25) is 0 Å². The highest BCUT2D eigenvalue weighted by molar-refractivity contribution is 5.55. The molecule has 2 aromatic carbocycles. The third-order valence-electron chi connectivity index (χ3n) is 2.87. The number of phenolic OH excluding ortho intramolecular Hbond substituents is 1. The molecule has 0 aliphatic heterocycles. The number of nitrogens with zero attached hydrogens (tertiary/aromatic N) is 2. The van der Waals surface area contributed by atoms with Crippen LogP contribution in [0.15, 0.2) is 54.6 Å². The predicted molar refractivity (Wildman–Crippen MR) is 72.7 cm³/mol. The quantitative estimate of drug-likeness (QED) is 0.752. The van der Waals surface area contributed by atoms with Crippen LogP contribution in [-0.4, -0.2) is 20.3 Å². The molecule has 0 radical (unpaired) electrons. The molecule has 94 valence electrons. The van der Waals surface area contributed by atoms with Gasteiger partial charge in [-0.3, -0.25) is 5.10 Å². The molecule has 3 aromatic rings. The van der Waals surface area contributed by atoms with Gasteiger partial charge in [-0.15, -0.1) is 0 Å².